The van der Waals surface area contributed by atoms with Crippen LogP contribution in [0, 0.1) is 0 Å². The average Bonchev–Trinajstić information content (AvgIpc) is 2.88. The van der Waals surface area contributed by atoms with Gasteiger partial charge in [0.05, 0.1) is 10.7 Å². The van der Waals surface area contributed by atoms with Gasteiger partial charge in [0, 0.05) is 11.1 Å². The van der Waals surface area contributed by atoms with Crippen molar-refractivity contribution in [2.75, 3.05) is 0 Å². The smallest absolute Gasteiger partial charge is 0.153 e. The molecule has 3 rings (SSSR count). The topological polar surface area (TPSA) is 45.0 Å². The zero-order chi connectivity index (χ0) is 18.4. The summed E-state index contributed by atoms with van der Waals surface area (Å²) in [5.74, 6) is 1.09. The van der Waals surface area contributed by atoms with Crippen LogP contribution in [0.15, 0.2) is 52.2 Å². The van der Waals surface area contributed by atoms with Gasteiger partial charge in [-0.2, -0.15) is 0 Å². The summed E-state index contributed by atoms with van der Waals surface area (Å²) < 4.78 is 0. The molecule has 2 aromatic rings. The fourth-order valence-electron chi connectivity index (χ4n) is 3.02. The zero-order valence-corrected chi connectivity index (χ0v) is 15.9. The van der Waals surface area contributed by atoms with Crippen LogP contribution in [0.2, 0.25) is 0 Å². The van der Waals surface area contributed by atoms with Gasteiger partial charge in [-0.25, -0.2) is 9.98 Å². The quantitative estimate of drug-likeness (QED) is 0.833. The molecule has 0 amide bonds. The molecule has 0 radical (unpaired) electrons. The first kappa shape index (κ1) is 17.4. The number of hydrogen-bond acceptors (Lipinski definition) is 3. The lowest BCUT2D eigenvalue weighted by Crippen LogP contribution is -2.19. The number of phenols is 1. The molecule has 0 unspecified atom stereocenters. The Balaban J connectivity index is 2.18. The summed E-state index contributed by atoms with van der Waals surface area (Å²) in [5, 5.41) is 12.6. The number of phenolic OH excluding ortho intramolecular Hbond substituents is 1. The van der Waals surface area contributed by atoms with Crippen LogP contribution in [0.5, 0.6) is 5.75 Å². The van der Waals surface area contributed by atoms with E-state index in [-0.39, 0.29) is 10.8 Å². The Labute approximate surface area is 149 Å². The first-order chi connectivity index (χ1) is 11.6. The lowest BCUT2D eigenvalue weighted by Gasteiger charge is -2.27. The molecule has 1 N–H and O–H groups in total. The Kier molecular flexibility index (Phi) is 4.06. The number of hydrogen-bond donors (Lipinski definition) is 1. The van der Waals surface area contributed by atoms with Crippen molar-refractivity contribution in [3.63, 3.8) is 0 Å². The number of fused-ring (bicyclic) bond motifs is 1. The summed E-state index contributed by atoms with van der Waals surface area (Å²) in [7, 11) is 0. The summed E-state index contributed by atoms with van der Waals surface area (Å²) in [5.41, 5.74) is 2.62. The molecule has 0 fully saturated rings. The molecule has 3 nitrogen and oxygen atoms in total. The molecule has 3 heteroatoms. The lowest BCUT2D eigenvalue weighted by molar-refractivity contribution is 0.423. The van der Waals surface area contributed by atoms with E-state index in [1.54, 1.807) is 0 Å². The van der Waals surface area contributed by atoms with Gasteiger partial charge >= 0.3 is 0 Å². The molecule has 0 spiro atoms. The predicted molar refractivity (Wildman–Crippen MR) is 102 cm³/mol. The summed E-state index contributed by atoms with van der Waals surface area (Å²) in [6.45, 7) is 12.7. The lowest BCUT2D eigenvalue weighted by atomic mass is 9.78. The maximum Gasteiger partial charge on any atom is 0.153 e. The number of para-hydroxylation sites is 2. The van der Waals surface area contributed by atoms with E-state index in [1.165, 1.54) is 0 Å². The van der Waals surface area contributed by atoms with Crippen LogP contribution < -0.4 is 10.7 Å². The largest absolute Gasteiger partial charge is 0.507 e. The molecule has 2 aromatic carbocycles. The van der Waals surface area contributed by atoms with Crippen LogP contribution in [0.4, 0.5) is 0 Å². The van der Waals surface area contributed by atoms with Crippen molar-refractivity contribution in [2.24, 2.45) is 9.98 Å². The third-order valence-corrected chi connectivity index (χ3v) is 4.40. The van der Waals surface area contributed by atoms with Crippen LogP contribution in [0.3, 0.4) is 0 Å². The van der Waals surface area contributed by atoms with E-state index in [1.807, 2.05) is 42.5 Å². The Hall–Kier alpha value is -2.42. The molecule has 0 saturated heterocycles. The summed E-state index contributed by atoms with van der Waals surface area (Å²) in [6, 6.07) is 12.0. The van der Waals surface area contributed by atoms with E-state index < -0.39 is 0 Å². The molecular formula is C22H26N2O. The molecule has 25 heavy (non-hydrogen) atoms. The second kappa shape index (κ2) is 5.83. The van der Waals surface area contributed by atoms with Gasteiger partial charge in [-0.15, -0.1) is 0 Å². The van der Waals surface area contributed by atoms with Crippen molar-refractivity contribution in [1.29, 1.82) is 0 Å². The van der Waals surface area contributed by atoms with Gasteiger partial charge in [0.2, 0.25) is 0 Å². The van der Waals surface area contributed by atoms with E-state index >= 15 is 0 Å². The fourth-order valence-corrected chi connectivity index (χ4v) is 3.02. The zero-order valence-electron chi connectivity index (χ0n) is 15.9. The molecule has 0 aromatic heterocycles. The molecule has 0 saturated carbocycles. The standard InChI is InChI=1S/C22H26N2O/c1-21(2,3)15-11-14(12-16(20(15)25)22(4,5)6)13-19-23-17-9-7-8-10-18(17)24-19/h7-13,25H,1-6H3. The van der Waals surface area contributed by atoms with Gasteiger partial charge in [0.1, 0.15) is 5.75 Å². The van der Waals surface area contributed by atoms with Crippen LogP contribution in [-0.2, 0) is 10.8 Å². The normalized spacial score (nSPS) is 13.9. The minimum absolute atomic E-state index is 0.147. The van der Waals surface area contributed by atoms with Crippen LogP contribution in [-0.4, -0.2) is 5.11 Å². The first-order valence-corrected chi connectivity index (χ1v) is 8.68. The van der Waals surface area contributed by atoms with Crippen LogP contribution in [0.25, 0.3) is 6.08 Å². The van der Waals surface area contributed by atoms with Crippen molar-refractivity contribution in [3.8, 4) is 5.75 Å². The van der Waals surface area contributed by atoms with Gasteiger partial charge in [-0.05, 0) is 46.7 Å². The van der Waals surface area contributed by atoms with Crippen molar-refractivity contribution >= 4 is 6.08 Å². The number of rotatable bonds is 1. The second-order valence-electron chi connectivity index (χ2n) is 8.68. The van der Waals surface area contributed by atoms with Crippen molar-refractivity contribution in [2.45, 2.75) is 52.4 Å². The SMILES string of the molecule is CC(C)(C)c1cc(C=C2N=c3ccccc3=N2)cc(C(C)(C)C)c1O. The van der Waals surface area contributed by atoms with Crippen LogP contribution in [0.1, 0.15) is 58.2 Å². The highest BCUT2D eigenvalue weighted by Gasteiger charge is 2.26. The molecule has 0 bridgehead atoms. The van der Waals surface area contributed by atoms with Crippen LogP contribution >= 0.6 is 0 Å². The highest BCUT2D eigenvalue weighted by Crippen LogP contribution is 2.40. The molecule has 130 valence electrons. The van der Waals surface area contributed by atoms with Gasteiger partial charge < -0.3 is 5.11 Å². The Bertz CT molecular complexity index is 898. The van der Waals surface area contributed by atoms with E-state index in [9.17, 15) is 5.11 Å². The third-order valence-electron chi connectivity index (χ3n) is 4.40. The van der Waals surface area contributed by atoms with E-state index in [2.05, 4.69) is 51.5 Å². The van der Waals surface area contributed by atoms with Gasteiger partial charge in [-0.1, -0.05) is 53.7 Å². The highest BCUT2D eigenvalue weighted by molar-refractivity contribution is 5.61. The Morgan fingerprint density at radius 3 is 1.64 bits per heavy atom. The van der Waals surface area contributed by atoms with Crippen molar-refractivity contribution in [3.05, 3.63) is 69.6 Å². The number of benzene rings is 2. The second-order valence-corrected chi connectivity index (χ2v) is 8.68. The number of aromatic hydroxyl groups is 1. The molecular weight excluding hydrogens is 308 g/mol. The predicted octanol–water partition coefficient (Wildman–Crippen LogP) is 4.24. The van der Waals surface area contributed by atoms with Gasteiger partial charge in [-0.3, -0.25) is 0 Å². The first-order valence-electron chi connectivity index (χ1n) is 8.68. The highest BCUT2D eigenvalue weighted by atomic mass is 16.3. The third kappa shape index (κ3) is 3.51. The Morgan fingerprint density at radius 1 is 0.800 bits per heavy atom. The van der Waals surface area contributed by atoms with Gasteiger partial charge in [0.15, 0.2) is 5.82 Å². The molecule has 1 heterocycles. The minimum Gasteiger partial charge on any atom is -0.507 e. The minimum atomic E-state index is -0.147. The monoisotopic (exact) mass is 334 g/mol. The Morgan fingerprint density at radius 2 is 1.24 bits per heavy atom. The number of nitrogens with zero attached hydrogens (tertiary/aromatic N) is 2. The maximum atomic E-state index is 10.8. The molecule has 1 aliphatic rings. The molecule has 1 aliphatic heterocycles. The average molecular weight is 334 g/mol. The van der Waals surface area contributed by atoms with E-state index in [0.29, 0.717) is 11.6 Å². The van der Waals surface area contributed by atoms with Crippen molar-refractivity contribution in [1.82, 2.24) is 0 Å². The maximum absolute atomic E-state index is 10.8. The molecule has 0 atom stereocenters. The summed E-state index contributed by atoms with van der Waals surface area (Å²) >= 11 is 0. The summed E-state index contributed by atoms with van der Waals surface area (Å²) in [6.07, 6.45) is 1.99. The van der Waals surface area contributed by atoms with E-state index in [0.717, 1.165) is 27.4 Å². The van der Waals surface area contributed by atoms with Gasteiger partial charge in [0.25, 0.3) is 0 Å². The summed E-state index contributed by atoms with van der Waals surface area (Å²) in [4.78, 5) is 9.17. The molecule has 0 aliphatic carbocycles. The fraction of sp³-hybridized carbons (Fsp3) is 0.364. The van der Waals surface area contributed by atoms with Crippen molar-refractivity contribution < 1.29 is 5.11 Å². The van der Waals surface area contributed by atoms with E-state index in [4.69, 9.17) is 0 Å².